The van der Waals surface area contributed by atoms with Crippen molar-refractivity contribution in [2.45, 2.75) is 35.7 Å². The molecule has 2 aliphatic heterocycles. The number of halogens is 2. The fraction of sp³-hybridized carbons (Fsp3) is 0.824. The molecule has 0 bridgehead atoms. The van der Waals surface area contributed by atoms with Crippen LogP contribution in [0.5, 0.6) is 0 Å². The summed E-state index contributed by atoms with van der Waals surface area (Å²) >= 11 is 12.5. The third-order valence-electron chi connectivity index (χ3n) is 5.97. The second-order valence-corrected chi connectivity index (χ2v) is 10.6. The van der Waals surface area contributed by atoms with E-state index >= 15 is 0 Å². The predicted molar refractivity (Wildman–Crippen MR) is 105 cm³/mol. The number of hydrogen-bond donors (Lipinski definition) is 1. The lowest BCUT2D eigenvalue weighted by Crippen LogP contribution is -2.52. The van der Waals surface area contributed by atoms with Crippen LogP contribution in [0.1, 0.15) is 12.8 Å². The fourth-order valence-electron chi connectivity index (χ4n) is 4.35. The highest BCUT2D eigenvalue weighted by atomic mass is 35.5. The van der Waals surface area contributed by atoms with Crippen molar-refractivity contribution in [3.63, 3.8) is 0 Å². The summed E-state index contributed by atoms with van der Waals surface area (Å²) in [6.45, 7) is 5.68. The minimum atomic E-state index is -3.38. The highest BCUT2D eigenvalue weighted by Gasteiger charge is 2.44. The van der Waals surface area contributed by atoms with Gasteiger partial charge < -0.3 is 15.0 Å². The van der Waals surface area contributed by atoms with Gasteiger partial charge in [0.15, 0.2) is 0 Å². The molecule has 0 aromatic rings. The van der Waals surface area contributed by atoms with Gasteiger partial charge in [0.25, 0.3) is 0 Å². The molecule has 6 atom stereocenters. The minimum Gasteiger partial charge on any atom is -0.380 e. The molecule has 27 heavy (non-hydrogen) atoms. The van der Waals surface area contributed by atoms with Gasteiger partial charge in [0, 0.05) is 44.7 Å². The van der Waals surface area contributed by atoms with E-state index in [1.54, 1.807) is 7.11 Å². The second-order valence-electron chi connectivity index (χ2n) is 7.61. The Kier molecular flexibility index (Phi) is 6.75. The maximum atomic E-state index is 12.6. The SMILES string of the molecule is C=CS(=O)(=O)N1CC2CN(C(=O)CNC3CC(Cl)C(Cl)CC3OC)CC2C1. The number of fused-ring (bicyclic) bond motifs is 1. The van der Waals surface area contributed by atoms with Crippen LogP contribution in [-0.2, 0) is 19.6 Å². The van der Waals surface area contributed by atoms with Gasteiger partial charge in [0.1, 0.15) is 0 Å². The number of hydrogen-bond acceptors (Lipinski definition) is 5. The van der Waals surface area contributed by atoms with Crippen LogP contribution in [0.4, 0.5) is 0 Å². The van der Waals surface area contributed by atoms with Gasteiger partial charge in [-0.3, -0.25) is 4.79 Å². The van der Waals surface area contributed by atoms with Gasteiger partial charge in [-0.25, -0.2) is 8.42 Å². The maximum absolute atomic E-state index is 12.6. The van der Waals surface area contributed by atoms with Crippen molar-refractivity contribution in [3.05, 3.63) is 12.0 Å². The third kappa shape index (κ3) is 4.62. The second kappa shape index (κ2) is 8.55. The lowest BCUT2D eigenvalue weighted by Gasteiger charge is -2.36. The van der Waals surface area contributed by atoms with Gasteiger partial charge in [-0.15, -0.1) is 23.2 Å². The number of amides is 1. The van der Waals surface area contributed by atoms with Gasteiger partial charge in [0.2, 0.25) is 15.9 Å². The van der Waals surface area contributed by atoms with Crippen LogP contribution >= 0.6 is 23.2 Å². The Morgan fingerprint density at radius 2 is 1.78 bits per heavy atom. The number of carbonyl (C=O) groups is 1. The number of nitrogens with one attached hydrogen (secondary N) is 1. The Labute approximate surface area is 171 Å². The average Bonchev–Trinajstić information content (AvgIpc) is 3.21. The van der Waals surface area contributed by atoms with Crippen molar-refractivity contribution in [2.24, 2.45) is 11.8 Å². The van der Waals surface area contributed by atoms with E-state index in [-0.39, 0.29) is 47.2 Å². The monoisotopic (exact) mass is 439 g/mol. The van der Waals surface area contributed by atoms with E-state index in [1.165, 1.54) is 4.31 Å². The molecular weight excluding hydrogens is 413 g/mol. The van der Waals surface area contributed by atoms with Crippen molar-refractivity contribution < 1.29 is 17.9 Å². The molecule has 0 radical (unpaired) electrons. The summed E-state index contributed by atoms with van der Waals surface area (Å²) in [6.07, 6.45) is 1.24. The van der Waals surface area contributed by atoms with Crippen molar-refractivity contribution in [2.75, 3.05) is 39.8 Å². The van der Waals surface area contributed by atoms with E-state index in [2.05, 4.69) is 11.9 Å². The Balaban J connectivity index is 1.49. The highest BCUT2D eigenvalue weighted by molar-refractivity contribution is 7.92. The zero-order chi connectivity index (χ0) is 19.8. The van der Waals surface area contributed by atoms with E-state index in [1.807, 2.05) is 4.90 Å². The van der Waals surface area contributed by atoms with Crippen LogP contribution in [0, 0.1) is 11.8 Å². The first kappa shape index (κ1) is 21.3. The van der Waals surface area contributed by atoms with Gasteiger partial charge >= 0.3 is 0 Å². The van der Waals surface area contributed by atoms with Crippen LogP contribution in [0.3, 0.4) is 0 Å². The van der Waals surface area contributed by atoms with Gasteiger partial charge in [-0.2, -0.15) is 4.31 Å². The molecule has 10 heteroatoms. The number of carbonyl (C=O) groups excluding carboxylic acids is 1. The molecule has 7 nitrogen and oxygen atoms in total. The van der Waals surface area contributed by atoms with Gasteiger partial charge in [0.05, 0.1) is 23.4 Å². The topological polar surface area (TPSA) is 79.0 Å². The molecule has 1 aliphatic carbocycles. The molecular formula is C17H27Cl2N3O4S. The van der Waals surface area contributed by atoms with E-state index in [9.17, 15) is 13.2 Å². The molecule has 1 saturated carbocycles. The third-order valence-corrected chi connectivity index (χ3v) is 8.50. The fourth-order valence-corrected chi connectivity index (χ4v) is 5.93. The van der Waals surface area contributed by atoms with E-state index in [0.29, 0.717) is 39.0 Å². The van der Waals surface area contributed by atoms with Gasteiger partial charge in [-0.05, 0) is 24.7 Å². The van der Waals surface area contributed by atoms with Crippen LogP contribution in [0.15, 0.2) is 12.0 Å². The first-order valence-electron chi connectivity index (χ1n) is 9.19. The lowest BCUT2D eigenvalue weighted by atomic mass is 9.91. The van der Waals surface area contributed by atoms with Crippen LogP contribution in [0.2, 0.25) is 0 Å². The molecule has 6 unspecified atom stereocenters. The quantitative estimate of drug-likeness (QED) is 0.620. The van der Waals surface area contributed by atoms with E-state index in [0.717, 1.165) is 5.41 Å². The average molecular weight is 440 g/mol. The summed E-state index contributed by atoms with van der Waals surface area (Å²) < 4.78 is 30.8. The van der Waals surface area contributed by atoms with E-state index < -0.39 is 10.0 Å². The Bertz CT molecular complexity index is 663. The number of methoxy groups -OCH3 is 1. The highest BCUT2D eigenvalue weighted by Crippen LogP contribution is 2.33. The normalized spacial score (nSPS) is 37.4. The number of alkyl halides is 2. The van der Waals surface area contributed by atoms with Crippen molar-refractivity contribution in [3.8, 4) is 0 Å². The van der Waals surface area contributed by atoms with Crippen molar-refractivity contribution in [1.29, 1.82) is 0 Å². The summed E-state index contributed by atoms with van der Waals surface area (Å²) in [7, 11) is -1.73. The molecule has 1 N–H and O–H groups in total. The number of ether oxygens (including phenoxy) is 1. The number of sulfonamides is 1. The summed E-state index contributed by atoms with van der Waals surface area (Å²) in [5, 5.41) is 4.00. The first-order valence-corrected chi connectivity index (χ1v) is 11.6. The summed E-state index contributed by atoms with van der Waals surface area (Å²) in [5.74, 6) is 0.403. The minimum absolute atomic E-state index is 0.00761. The van der Waals surface area contributed by atoms with Crippen molar-refractivity contribution in [1.82, 2.24) is 14.5 Å². The largest absolute Gasteiger partial charge is 0.380 e. The number of nitrogens with zero attached hydrogens (tertiary/aromatic N) is 2. The van der Waals surface area contributed by atoms with Gasteiger partial charge in [-0.1, -0.05) is 6.58 Å². The molecule has 154 valence electrons. The summed E-state index contributed by atoms with van der Waals surface area (Å²) in [4.78, 5) is 14.4. The molecule has 3 rings (SSSR count). The van der Waals surface area contributed by atoms with Crippen LogP contribution < -0.4 is 5.32 Å². The first-order chi connectivity index (χ1) is 12.7. The predicted octanol–water partition coefficient (Wildman–Crippen LogP) is 0.832. The summed E-state index contributed by atoms with van der Waals surface area (Å²) in [6, 6.07) is -0.00761. The molecule has 1 amide bonds. The molecule has 0 aromatic carbocycles. The molecule has 0 aromatic heterocycles. The number of likely N-dealkylation sites (tertiary alicyclic amines) is 1. The van der Waals surface area contributed by atoms with Crippen LogP contribution in [-0.4, -0.2) is 86.3 Å². The molecule has 0 spiro atoms. The number of rotatable bonds is 6. The maximum Gasteiger partial charge on any atom is 0.236 e. The molecule has 2 saturated heterocycles. The zero-order valence-electron chi connectivity index (χ0n) is 15.4. The van der Waals surface area contributed by atoms with Crippen molar-refractivity contribution >= 4 is 39.1 Å². The Hall–Kier alpha value is -0.380. The lowest BCUT2D eigenvalue weighted by molar-refractivity contribution is -0.129. The Morgan fingerprint density at radius 3 is 2.33 bits per heavy atom. The zero-order valence-corrected chi connectivity index (χ0v) is 17.7. The van der Waals surface area contributed by atoms with Crippen LogP contribution in [0.25, 0.3) is 0 Å². The Morgan fingerprint density at radius 1 is 1.19 bits per heavy atom. The smallest absolute Gasteiger partial charge is 0.236 e. The standard InChI is InChI=1S/C17H27Cl2N3O4S/c1-3-27(24,25)22-9-11-7-21(8-12(11)10-22)17(23)6-20-15-4-13(18)14(19)5-16(15)26-2/h3,11-16,20H,1,4-10H2,2H3. The molecule has 3 fully saturated rings. The molecule has 3 aliphatic rings. The summed E-state index contributed by atoms with van der Waals surface area (Å²) in [5.41, 5.74) is 0. The van der Waals surface area contributed by atoms with E-state index in [4.69, 9.17) is 27.9 Å². The molecule has 2 heterocycles.